The van der Waals surface area contributed by atoms with Gasteiger partial charge in [-0.2, -0.15) is 0 Å². The van der Waals surface area contributed by atoms with E-state index in [1.165, 1.54) is 29.7 Å². The first-order chi connectivity index (χ1) is 9.54. The third-order valence-corrected chi connectivity index (χ3v) is 4.81. The lowest BCUT2D eigenvalue weighted by Crippen LogP contribution is -2.13. The Balaban J connectivity index is 1.94. The van der Waals surface area contributed by atoms with E-state index in [1.54, 1.807) is 23.7 Å². The Bertz CT molecular complexity index is 857. The Morgan fingerprint density at radius 2 is 2.00 bits per heavy atom. The Labute approximate surface area is 119 Å². The molecule has 0 saturated heterocycles. The summed E-state index contributed by atoms with van der Waals surface area (Å²) in [6.07, 6.45) is 1.23. The van der Waals surface area contributed by atoms with Crippen LogP contribution < -0.4 is 10.5 Å². The topological polar surface area (TPSA) is 98.0 Å². The number of nitrogens with zero attached hydrogens (tertiary/aromatic N) is 2. The second kappa shape index (κ2) is 4.73. The summed E-state index contributed by atoms with van der Waals surface area (Å²) in [5.74, 6) is 0.273. The van der Waals surface area contributed by atoms with Gasteiger partial charge < -0.3 is 5.73 Å². The van der Waals surface area contributed by atoms with E-state index in [0.717, 1.165) is 10.2 Å². The maximum Gasteiger partial charge on any atom is 0.263 e. The molecule has 20 heavy (non-hydrogen) atoms. The van der Waals surface area contributed by atoms with Crippen molar-refractivity contribution in [3.05, 3.63) is 42.0 Å². The molecule has 0 amide bonds. The number of fused-ring (bicyclic) bond motifs is 1. The van der Waals surface area contributed by atoms with Crippen LogP contribution in [0.2, 0.25) is 0 Å². The van der Waals surface area contributed by atoms with E-state index in [1.807, 2.05) is 0 Å². The monoisotopic (exact) mass is 306 g/mol. The predicted octanol–water partition coefficient (Wildman–Crippen LogP) is 2.07. The molecule has 1 aromatic carbocycles. The van der Waals surface area contributed by atoms with Crippen LogP contribution in [0.4, 0.5) is 11.5 Å². The van der Waals surface area contributed by atoms with E-state index in [0.29, 0.717) is 5.69 Å². The summed E-state index contributed by atoms with van der Waals surface area (Å²) in [6, 6.07) is 8.04. The van der Waals surface area contributed by atoms with Gasteiger partial charge in [-0.25, -0.2) is 18.4 Å². The summed E-state index contributed by atoms with van der Waals surface area (Å²) in [7, 11) is -3.67. The molecule has 3 aromatic rings. The lowest BCUT2D eigenvalue weighted by atomic mass is 10.3. The molecule has 0 atom stereocenters. The number of benzene rings is 1. The van der Waals surface area contributed by atoms with Crippen molar-refractivity contribution >= 4 is 43.1 Å². The van der Waals surface area contributed by atoms with Crippen LogP contribution in [0.25, 0.3) is 10.2 Å². The Morgan fingerprint density at radius 1 is 1.15 bits per heavy atom. The number of nitrogens with one attached hydrogen (secondary N) is 1. The summed E-state index contributed by atoms with van der Waals surface area (Å²) in [4.78, 5) is 7.99. The first-order valence-electron chi connectivity index (χ1n) is 5.62. The van der Waals surface area contributed by atoms with E-state index in [9.17, 15) is 8.42 Å². The molecule has 0 fully saturated rings. The molecule has 102 valence electrons. The number of pyridine rings is 1. The van der Waals surface area contributed by atoms with E-state index in [4.69, 9.17) is 5.73 Å². The average molecular weight is 306 g/mol. The van der Waals surface area contributed by atoms with E-state index in [-0.39, 0.29) is 10.7 Å². The van der Waals surface area contributed by atoms with Gasteiger partial charge in [-0.15, -0.1) is 11.3 Å². The number of anilines is 2. The maximum atomic E-state index is 12.2. The molecule has 0 bridgehead atoms. The van der Waals surface area contributed by atoms with Crippen LogP contribution in [-0.4, -0.2) is 18.4 Å². The van der Waals surface area contributed by atoms with Crippen LogP contribution in [0.5, 0.6) is 0 Å². The Kier molecular flexibility index (Phi) is 3.03. The second-order valence-electron chi connectivity index (χ2n) is 4.06. The Morgan fingerprint density at radius 3 is 2.75 bits per heavy atom. The lowest BCUT2D eigenvalue weighted by Gasteiger charge is -2.07. The number of sulfonamides is 1. The van der Waals surface area contributed by atoms with Gasteiger partial charge in [0.15, 0.2) is 0 Å². The molecule has 2 aromatic heterocycles. The smallest absolute Gasteiger partial charge is 0.263 e. The first-order valence-corrected chi connectivity index (χ1v) is 7.98. The lowest BCUT2D eigenvalue weighted by molar-refractivity contribution is 0.601. The van der Waals surface area contributed by atoms with E-state index in [2.05, 4.69) is 14.7 Å². The summed E-state index contributed by atoms with van der Waals surface area (Å²) >= 11 is 1.45. The zero-order valence-corrected chi connectivity index (χ0v) is 11.8. The van der Waals surface area contributed by atoms with Crippen molar-refractivity contribution in [3.63, 3.8) is 0 Å². The standard InChI is InChI=1S/C12H10N4O2S2/c13-12-4-2-9(6-14-12)20(17,18)16-8-1-3-10-11(5-8)19-7-15-10/h1-7,16H,(H2,13,14). The Hall–Kier alpha value is -2.19. The van der Waals surface area contributed by atoms with Crippen molar-refractivity contribution in [3.8, 4) is 0 Å². The highest BCUT2D eigenvalue weighted by molar-refractivity contribution is 7.92. The molecule has 8 heteroatoms. The SMILES string of the molecule is Nc1ccc(S(=O)(=O)Nc2ccc3ncsc3c2)cn1. The van der Waals surface area contributed by atoms with Crippen molar-refractivity contribution in [2.45, 2.75) is 4.90 Å². The summed E-state index contributed by atoms with van der Waals surface area (Å²) in [5, 5.41) is 0. The fraction of sp³-hybridized carbons (Fsp3) is 0. The molecule has 0 aliphatic heterocycles. The second-order valence-corrected chi connectivity index (χ2v) is 6.63. The molecule has 0 aliphatic rings. The van der Waals surface area contributed by atoms with E-state index < -0.39 is 10.0 Å². The molecule has 0 spiro atoms. The van der Waals surface area contributed by atoms with Crippen LogP contribution >= 0.6 is 11.3 Å². The van der Waals surface area contributed by atoms with Gasteiger partial charge in [0.25, 0.3) is 10.0 Å². The van der Waals surface area contributed by atoms with Crippen LogP contribution in [0.1, 0.15) is 0 Å². The maximum absolute atomic E-state index is 12.2. The third kappa shape index (κ3) is 2.43. The van der Waals surface area contributed by atoms with Crippen LogP contribution in [0.3, 0.4) is 0 Å². The number of rotatable bonds is 3. The van der Waals surface area contributed by atoms with Gasteiger partial charge in [0.2, 0.25) is 0 Å². The van der Waals surface area contributed by atoms with Gasteiger partial charge in [0.1, 0.15) is 10.7 Å². The van der Waals surface area contributed by atoms with Crippen LogP contribution in [0.15, 0.2) is 46.9 Å². The number of nitrogen functional groups attached to an aromatic ring is 1. The molecule has 6 nitrogen and oxygen atoms in total. The molecule has 2 heterocycles. The average Bonchev–Trinajstić information content (AvgIpc) is 2.86. The fourth-order valence-electron chi connectivity index (χ4n) is 1.68. The largest absolute Gasteiger partial charge is 0.384 e. The summed E-state index contributed by atoms with van der Waals surface area (Å²) in [5.41, 5.74) is 8.48. The van der Waals surface area contributed by atoms with Crippen LogP contribution in [0, 0.1) is 0 Å². The number of thiazole rings is 1. The van der Waals surface area contributed by atoms with Crippen LogP contribution in [-0.2, 0) is 10.0 Å². The minimum absolute atomic E-state index is 0.0658. The minimum atomic E-state index is -3.67. The molecular formula is C12H10N4O2S2. The number of nitrogens with two attached hydrogens (primary N) is 1. The zero-order valence-electron chi connectivity index (χ0n) is 10.1. The van der Waals surface area contributed by atoms with Gasteiger partial charge >= 0.3 is 0 Å². The third-order valence-electron chi connectivity index (χ3n) is 2.65. The highest BCUT2D eigenvalue weighted by Crippen LogP contribution is 2.23. The van der Waals surface area contributed by atoms with E-state index >= 15 is 0 Å². The van der Waals surface area contributed by atoms with Crippen molar-refractivity contribution in [2.75, 3.05) is 10.5 Å². The predicted molar refractivity (Wildman–Crippen MR) is 79.1 cm³/mol. The van der Waals surface area contributed by atoms with Gasteiger partial charge in [0.05, 0.1) is 21.4 Å². The molecule has 0 aliphatic carbocycles. The highest BCUT2D eigenvalue weighted by atomic mass is 32.2. The van der Waals surface area contributed by atoms with Gasteiger partial charge in [0, 0.05) is 6.20 Å². The molecule has 0 radical (unpaired) electrons. The fourth-order valence-corrected chi connectivity index (χ4v) is 3.39. The quantitative estimate of drug-likeness (QED) is 0.772. The zero-order chi connectivity index (χ0) is 14.2. The number of hydrogen-bond donors (Lipinski definition) is 2. The van der Waals surface area contributed by atoms with Crippen molar-refractivity contribution in [1.29, 1.82) is 0 Å². The molecule has 3 rings (SSSR count). The van der Waals surface area contributed by atoms with Crippen molar-refractivity contribution in [2.24, 2.45) is 0 Å². The molecule has 3 N–H and O–H groups in total. The number of hydrogen-bond acceptors (Lipinski definition) is 6. The minimum Gasteiger partial charge on any atom is -0.384 e. The normalized spacial score (nSPS) is 11.6. The van der Waals surface area contributed by atoms with Crippen molar-refractivity contribution in [1.82, 2.24) is 9.97 Å². The van der Waals surface area contributed by atoms with Gasteiger partial charge in [-0.05, 0) is 30.3 Å². The van der Waals surface area contributed by atoms with Gasteiger partial charge in [-0.3, -0.25) is 4.72 Å². The van der Waals surface area contributed by atoms with Crippen molar-refractivity contribution < 1.29 is 8.42 Å². The molecule has 0 saturated carbocycles. The summed E-state index contributed by atoms with van der Waals surface area (Å²) in [6.45, 7) is 0. The van der Waals surface area contributed by atoms with Gasteiger partial charge in [-0.1, -0.05) is 0 Å². The number of aromatic nitrogens is 2. The molecular weight excluding hydrogens is 296 g/mol. The first kappa shape index (κ1) is 12.8. The molecule has 0 unspecified atom stereocenters. The summed E-state index contributed by atoms with van der Waals surface area (Å²) < 4.78 is 27.8. The highest BCUT2D eigenvalue weighted by Gasteiger charge is 2.14.